The van der Waals surface area contributed by atoms with Crippen molar-refractivity contribution in [1.29, 1.82) is 0 Å². The van der Waals surface area contributed by atoms with Crippen molar-refractivity contribution < 1.29 is 9.53 Å². The van der Waals surface area contributed by atoms with Crippen LogP contribution in [0.4, 0.5) is 0 Å². The predicted octanol–water partition coefficient (Wildman–Crippen LogP) is 1.01. The van der Waals surface area contributed by atoms with E-state index in [1.165, 1.54) is 19.3 Å². The molecule has 4 heteroatoms. The molecule has 3 rings (SSSR count). The fourth-order valence-corrected chi connectivity index (χ4v) is 3.99. The van der Waals surface area contributed by atoms with E-state index in [0.717, 1.165) is 32.6 Å². The molecule has 0 aromatic carbocycles. The summed E-state index contributed by atoms with van der Waals surface area (Å²) in [6.45, 7) is 6.22. The molecule has 0 bridgehead atoms. The third-order valence-electron chi connectivity index (χ3n) is 4.99. The second-order valence-corrected chi connectivity index (χ2v) is 6.16. The molecule has 0 aromatic heterocycles. The van der Waals surface area contributed by atoms with Gasteiger partial charge in [0.05, 0.1) is 18.1 Å². The highest BCUT2D eigenvalue weighted by Crippen LogP contribution is 2.45. The topological polar surface area (TPSA) is 41.6 Å². The first-order valence-electron chi connectivity index (χ1n) is 7.34. The highest BCUT2D eigenvalue weighted by Gasteiger charge is 2.51. The SMILES string of the molecule is CC1CN(C(=O)[C@@]23CCCC[C@H]2CNC3)CCO1. The van der Waals surface area contributed by atoms with Crippen LogP contribution in [-0.4, -0.2) is 49.7 Å². The third-order valence-corrected chi connectivity index (χ3v) is 4.99. The molecule has 1 N–H and O–H groups in total. The minimum atomic E-state index is -0.0880. The minimum absolute atomic E-state index is 0.0880. The second kappa shape index (κ2) is 4.82. The maximum Gasteiger partial charge on any atom is 0.230 e. The monoisotopic (exact) mass is 252 g/mol. The van der Waals surface area contributed by atoms with Crippen LogP contribution in [0.25, 0.3) is 0 Å². The van der Waals surface area contributed by atoms with Crippen LogP contribution in [0.1, 0.15) is 32.6 Å². The Labute approximate surface area is 109 Å². The van der Waals surface area contributed by atoms with Crippen LogP contribution >= 0.6 is 0 Å². The molecule has 0 radical (unpaired) electrons. The van der Waals surface area contributed by atoms with Gasteiger partial charge in [0.15, 0.2) is 0 Å². The number of carbonyl (C=O) groups excluding carboxylic acids is 1. The van der Waals surface area contributed by atoms with Gasteiger partial charge in [-0.3, -0.25) is 4.79 Å². The number of rotatable bonds is 1. The van der Waals surface area contributed by atoms with E-state index in [2.05, 4.69) is 17.1 Å². The quantitative estimate of drug-likeness (QED) is 0.757. The highest BCUT2D eigenvalue weighted by molar-refractivity contribution is 5.84. The van der Waals surface area contributed by atoms with E-state index >= 15 is 0 Å². The van der Waals surface area contributed by atoms with Crippen LogP contribution in [0.2, 0.25) is 0 Å². The van der Waals surface area contributed by atoms with Crippen molar-refractivity contribution in [2.45, 2.75) is 38.7 Å². The summed E-state index contributed by atoms with van der Waals surface area (Å²) in [4.78, 5) is 15.0. The van der Waals surface area contributed by atoms with Crippen molar-refractivity contribution in [2.75, 3.05) is 32.8 Å². The van der Waals surface area contributed by atoms with E-state index in [1.54, 1.807) is 0 Å². The van der Waals surface area contributed by atoms with E-state index < -0.39 is 0 Å². The van der Waals surface area contributed by atoms with Crippen LogP contribution < -0.4 is 5.32 Å². The lowest BCUT2D eigenvalue weighted by Gasteiger charge is -2.42. The van der Waals surface area contributed by atoms with Crippen molar-refractivity contribution in [3.8, 4) is 0 Å². The molecular formula is C14H24N2O2. The molecule has 102 valence electrons. The van der Waals surface area contributed by atoms with E-state index in [-0.39, 0.29) is 11.5 Å². The summed E-state index contributed by atoms with van der Waals surface area (Å²) in [6, 6.07) is 0. The Bertz CT molecular complexity index is 334. The summed E-state index contributed by atoms with van der Waals surface area (Å²) in [5.41, 5.74) is -0.0880. The van der Waals surface area contributed by atoms with Crippen LogP contribution in [0.15, 0.2) is 0 Å². The van der Waals surface area contributed by atoms with E-state index in [0.29, 0.717) is 18.4 Å². The number of amides is 1. The predicted molar refractivity (Wildman–Crippen MR) is 69.3 cm³/mol. The van der Waals surface area contributed by atoms with Gasteiger partial charge in [-0.25, -0.2) is 0 Å². The van der Waals surface area contributed by atoms with Gasteiger partial charge in [0.2, 0.25) is 5.91 Å². The summed E-state index contributed by atoms with van der Waals surface area (Å²) in [7, 11) is 0. The van der Waals surface area contributed by atoms with Gasteiger partial charge >= 0.3 is 0 Å². The number of nitrogens with one attached hydrogen (secondary N) is 1. The third kappa shape index (κ3) is 1.95. The molecule has 3 atom stereocenters. The zero-order chi connectivity index (χ0) is 12.6. The largest absolute Gasteiger partial charge is 0.375 e. The first-order valence-corrected chi connectivity index (χ1v) is 7.34. The number of nitrogens with zero attached hydrogens (tertiary/aromatic N) is 1. The van der Waals surface area contributed by atoms with E-state index in [9.17, 15) is 4.79 Å². The molecule has 3 fully saturated rings. The highest BCUT2D eigenvalue weighted by atomic mass is 16.5. The molecule has 1 unspecified atom stereocenters. The van der Waals surface area contributed by atoms with Gasteiger partial charge in [0, 0.05) is 19.6 Å². The van der Waals surface area contributed by atoms with Crippen molar-refractivity contribution in [3.05, 3.63) is 0 Å². The Hall–Kier alpha value is -0.610. The molecule has 1 amide bonds. The standard InChI is InChI=1S/C14H24N2O2/c1-11-9-16(6-7-18-11)13(17)14-5-3-2-4-12(14)8-15-10-14/h11-12,15H,2-10H2,1H3/t11?,12-,14+/m0/s1. The molecule has 2 heterocycles. The molecule has 2 saturated heterocycles. The Morgan fingerprint density at radius 3 is 3.17 bits per heavy atom. The lowest BCUT2D eigenvalue weighted by molar-refractivity contribution is -0.152. The van der Waals surface area contributed by atoms with Crippen LogP contribution in [-0.2, 0) is 9.53 Å². The summed E-state index contributed by atoms with van der Waals surface area (Å²) in [5, 5.41) is 3.46. The maximum absolute atomic E-state index is 12.9. The summed E-state index contributed by atoms with van der Waals surface area (Å²) < 4.78 is 5.55. The molecule has 0 aromatic rings. The van der Waals surface area contributed by atoms with Crippen LogP contribution in [0.5, 0.6) is 0 Å². The first kappa shape index (κ1) is 12.4. The molecule has 1 aliphatic carbocycles. The van der Waals surface area contributed by atoms with Gasteiger partial charge in [0.1, 0.15) is 0 Å². The zero-order valence-corrected chi connectivity index (χ0v) is 11.3. The normalized spacial score (nSPS) is 40.6. The van der Waals surface area contributed by atoms with Gasteiger partial charge < -0.3 is 15.0 Å². The van der Waals surface area contributed by atoms with Gasteiger partial charge in [-0.15, -0.1) is 0 Å². The average molecular weight is 252 g/mol. The fourth-order valence-electron chi connectivity index (χ4n) is 3.99. The minimum Gasteiger partial charge on any atom is -0.375 e. The van der Waals surface area contributed by atoms with Crippen molar-refractivity contribution in [1.82, 2.24) is 10.2 Å². The van der Waals surface area contributed by atoms with Crippen molar-refractivity contribution >= 4 is 5.91 Å². The summed E-state index contributed by atoms with van der Waals surface area (Å²) >= 11 is 0. The van der Waals surface area contributed by atoms with Gasteiger partial charge in [-0.2, -0.15) is 0 Å². The van der Waals surface area contributed by atoms with Crippen LogP contribution in [0.3, 0.4) is 0 Å². The molecule has 18 heavy (non-hydrogen) atoms. The maximum atomic E-state index is 12.9. The lowest BCUT2D eigenvalue weighted by atomic mass is 9.67. The zero-order valence-electron chi connectivity index (χ0n) is 11.3. The smallest absolute Gasteiger partial charge is 0.230 e. The average Bonchev–Trinajstić information content (AvgIpc) is 2.82. The van der Waals surface area contributed by atoms with Crippen molar-refractivity contribution in [3.63, 3.8) is 0 Å². The van der Waals surface area contributed by atoms with E-state index in [1.807, 2.05) is 0 Å². The molecule has 3 aliphatic rings. The number of carbonyl (C=O) groups is 1. The van der Waals surface area contributed by atoms with E-state index in [4.69, 9.17) is 4.74 Å². The molecule has 2 aliphatic heterocycles. The number of ether oxygens (including phenoxy) is 1. The number of hydrogen-bond donors (Lipinski definition) is 1. The fraction of sp³-hybridized carbons (Fsp3) is 0.929. The second-order valence-electron chi connectivity index (χ2n) is 6.16. The molecule has 0 spiro atoms. The summed E-state index contributed by atoms with van der Waals surface area (Å²) in [5.74, 6) is 0.962. The summed E-state index contributed by atoms with van der Waals surface area (Å²) in [6.07, 6.45) is 4.99. The Balaban J connectivity index is 1.77. The number of hydrogen-bond acceptors (Lipinski definition) is 3. The van der Waals surface area contributed by atoms with Gasteiger partial charge in [-0.05, 0) is 32.2 Å². The first-order chi connectivity index (χ1) is 8.72. The molecular weight excluding hydrogens is 228 g/mol. The van der Waals surface area contributed by atoms with Crippen LogP contribution in [0, 0.1) is 11.3 Å². The molecule has 1 saturated carbocycles. The Morgan fingerprint density at radius 1 is 1.44 bits per heavy atom. The Morgan fingerprint density at radius 2 is 2.33 bits per heavy atom. The van der Waals surface area contributed by atoms with Crippen molar-refractivity contribution in [2.24, 2.45) is 11.3 Å². The number of fused-ring (bicyclic) bond motifs is 1. The van der Waals surface area contributed by atoms with Gasteiger partial charge in [-0.1, -0.05) is 12.8 Å². The number of morpholine rings is 1. The Kier molecular flexibility index (Phi) is 3.32. The van der Waals surface area contributed by atoms with Gasteiger partial charge in [0.25, 0.3) is 0 Å². The molecule has 4 nitrogen and oxygen atoms in total. The lowest BCUT2D eigenvalue weighted by Crippen LogP contribution is -2.54.